The van der Waals surface area contributed by atoms with E-state index >= 15 is 0 Å². The zero-order valence-corrected chi connectivity index (χ0v) is 20.7. The highest BCUT2D eigenvalue weighted by Gasteiger charge is 2.46. The zero-order chi connectivity index (χ0) is 20.2. The molecule has 0 amide bonds. The van der Waals surface area contributed by atoms with Crippen LogP contribution in [-0.2, 0) is 12.0 Å². The lowest BCUT2D eigenvalue weighted by atomic mass is 9.69. The molecule has 0 aliphatic carbocycles. The summed E-state index contributed by atoms with van der Waals surface area (Å²) < 4.78 is 5.35. The number of hydrogen-bond acceptors (Lipinski definition) is 0. The zero-order valence-electron chi connectivity index (χ0n) is 16.4. The number of aromatic nitrogens is 1. The summed E-state index contributed by atoms with van der Waals surface area (Å²) >= 11 is 5.17. The standard InChI is InChI=1S/C26H21I2N/c1-17-12-14-20(15-13-17)26(19-8-4-3-5-9-19)24(28)22(27)16-29-23-11-7-6-10-21(23)18(2)25(26)29/h3-15H,16H2,1-2H3. The maximum absolute atomic E-state index is 2.61. The molecule has 29 heavy (non-hydrogen) atoms. The first-order valence-electron chi connectivity index (χ1n) is 9.80. The number of para-hydroxylation sites is 1. The van der Waals surface area contributed by atoms with Crippen molar-refractivity contribution in [3.05, 3.63) is 114 Å². The van der Waals surface area contributed by atoms with E-state index in [-0.39, 0.29) is 5.41 Å². The monoisotopic (exact) mass is 601 g/mol. The van der Waals surface area contributed by atoms with Crippen LogP contribution in [-0.4, -0.2) is 4.57 Å². The van der Waals surface area contributed by atoms with Crippen LogP contribution in [0.15, 0.2) is 86.0 Å². The topological polar surface area (TPSA) is 4.93 Å². The van der Waals surface area contributed by atoms with Gasteiger partial charge in [0.25, 0.3) is 0 Å². The lowest BCUT2D eigenvalue weighted by molar-refractivity contribution is 0.629. The lowest BCUT2D eigenvalue weighted by Gasteiger charge is -2.41. The Balaban J connectivity index is 1.99. The van der Waals surface area contributed by atoms with Crippen molar-refractivity contribution < 1.29 is 0 Å². The summed E-state index contributed by atoms with van der Waals surface area (Å²) in [5.74, 6) is 0. The Hall–Kier alpha value is -1.60. The Labute approximate surface area is 199 Å². The molecule has 2 heterocycles. The van der Waals surface area contributed by atoms with Crippen LogP contribution in [0, 0.1) is 13.8 Å². The van der Waals surface area contributed by atoms with Crippen molar-refractivity contribution in [2.75, 3.05) is 0 Å². The molecule has 0 radical (unpaired) electrons. The number of nitrogens with zero attached hydrogens (tertiary/aromatic N) is 1. The van der Waals surface area contributed by atoms with Crippen LogP contribution in [0.5, 0.6) is 0 Å². The SMILES string of the molecule is Cc1ccc(C2(c3ccccc3)C(I)=C(I)Cn3c2c(C)c2ccccc23)cc1. The molecule has 0 saturated carbocycles. The molecule has 1 aromatic heterocycles. The number of benzene rings is 3. The van der Waals surface area contributed by atoms with Gasteiger partial charge in [0.2, 0.25) is 0 Å². The average molecular weight is 601 g/mol. The molecule has 1 atom stereocenters. The van der Waals surface area contributed by atoms with Crippen molar-refractivity contribution in [3.63, 3.8) is 0 Å². The summed E-state index contributed by atoms with van der Waals surface area (Å²) in [5, 5.41) is 1.35. The van der Waals surface area contributed by atoms with E-state index in [2.05, 4.69) is 142 Å². The van der Waals surface area contributed by atoms with Gasteiger partial charge in [0.05, 0.1) is 12.0 Å². The molecule has 144 valence electrons. The third-order valence-electron chi connectivity index (χ3n) is 6.13. The van der Waals surface area contributed by atoms with Crippen molar-refractivity contribution >= 4 is 56.1 Å². The second kappa shape index (κ2) is 7.27. The Kier molecular flexibility index (Phi) is 4.86. The Morgan fingerprint density at radius 1 is 0.759 bits per heavy atom. The van der Waals surface area contributed by atoms with E-state index in [1.165, 1.54) is 46.0 Å². The maximum Gasteiger partial charge on any atom is 0.0921 e. The normalized spacial score (nSPS) is 18.9. The molecule has 0 spiro atoms. The first kappa shape index (κ1) is 19.4. The maximum atomic E-state index is 2.61. The van der Waals surface area contributed by atoms with Gasteiger partial charge in [-0.3, -0.25) is 0 Å². The quantitative estimate of drug-likeness (QED) is 0.208. The summed E-state index contributed by atoms with van der Waals surface area (Å²) in [4.78, 5) is 0. The van der Waals surface area contributed by atoms with E-state index in [0.29, 0.717) is 0 Å². The van der Waals surface area contributed by atoms with Crippen LogP contribution < -0.4 is 0 Å². The van der Waals surface area contributed by atoms with E-state index in [1.807, 2.05) is 0 Å². The minimum atomic E-state index is -0.298. The summed E-state index contributed by atoms with van der Waals surface area (Å²) in [6.45, 7) is 5.39. The Bertz CT molecular complexity index is 1250. The molecule has 3 heteroatoms. The third-order valence-corrected chi connectivity index (χ3v) is 9.51. The number of aryl methyl sites for hydroxylation is 2. The van der Waals surface area contributed by atoms with Gasteiger partial charge in [0.15, 0.2) is 0 Å². The second-order valence-electron chi connectivity index (χ2n) is 7.78. The van der Waals surface area contributed by atoms with Crippen LogP contribution in [0.4, 0.5) is 0 Å². The predicted molar refractivity (Wildman–Crippen MR) is 139 cm³/mol. The minimum Gasteiger partial charge on any atom is -0.338 e. The molecule has 0 saturated heterocycles. The smallest absolute Gasteiger partial charge is 0.0921 e. The minimum absolute atomic E-state index is 0.298. The highest BCUT2D eigenvalue weighted by atomic mass is 127. The van der Waals surface area contributed by atoms with Gasteiger partial charge in [-0.05, 0) is 81.8 Å². The fraction of sp³-hybridized carbons (Fsp3) is 0.154. The van der Waals surface area contributed by atoms with Crippen molar-refractivity contribution in [1.29, 1.82) is 0 Å². The molecular formula is C26H21I2N. The molecule has 4 aromatic rings. The van der Waals surface area contributed by atoms with Crippen molar-refractivity contribution in [2.24, 2.45) is 0 Å². The van der Waals surface area contributed by atoms with Crippen LogP contribution >= 0.6 is 45.2 Å². The fourth-order valence-corrected chi connectivity index (χ4v) is 6.62. The molecule has 0 bridgehead atoms. The van der Waals surface area contributed by atoms with Gasteiger partial charge >= 0.3 is 0 Å². The number of rotatable bonds is 2. The largest absolute Gasteiger partial charge is 0.338 e. The molecule has 0 fully saturated rings. The van der Waals surface area contributed by atoms with E-state index in [0.717, 1.165) is 6.54 Å². The van der Waals surface area contributed by atoms with E-state index < -0.39 is 0 Å². The van der Waals surface area contributed by atoms with Crippen LogP contribution in [0.3, 0.4) is 0 Å². The molecule has 1 nitrogen and oxygen atoms in total. The highest BCUT2D eigenvalue weighted by Crippen LogP contribution is 2.55. The van der Waals surface area contributed by atoms with Crippen molar-refractivity contribution in [3.8, 4) is 0 Å². The summed E-state index contributed by atoms with van der Waals surface area (Å²) in [6, 6.07) is 29.0. The number of hydrogen-bond donors (Lipinski definition) is 0. The predicted octanol–water partition coefficient (Wildman–Crippen LogP) is 7.69. The highest BCUT2D eigenvalue weighted by molar-refractivity contribution is 14.1. The van der Waals surface area contributed by atoms with Crippen LogP contribution in [0.2, 0.25) is 0 Å². The Morgan fingerprint density at radius 2 is 1.38 bits per heavy atom. The lowest BCUT2D eigenvalue weighted by Crippen LogP contribution is -2.37. The third kappa shape index (κ3) is 2.76. The van der Waals surface area contributed by atoms with Crippen molar-refractivity contribution in [1.82, 2.24) is 4.57 Å². The Morgan fingerprint density at radius 3 is 2.10 bits per heavy atom. The van der Waals surface area contributed by atoms with Crippen molar-refractivity contribution in [2.45, 2.75) is 25.8 Å². The summed E-state index contributed by atoms with van der Waals surface area (Å²) in [7, 11) is 0. The van der Waals surface area contributed by atoms with Gasteiger partial charge in [-0.1, -0.05) is 78.4 Å². The van der Waals surface area contributed by atoms with Gasteiger partial charge < -0.3 is 4.57 Å². The number of allylic oxidation sites excluding steroid dienone is 2. The average Bonchev–Trinajstić information content (AvgIpc) is 3.03. The van der Waals surface area contributed by atoms with E-state index in [9.17, 15) is 0 Å². The molecule has 0 N–H and O–H groups in total. The first-order chi connectivity index (χ1) is 14.0. The van der Waals surface area contributed by atoms with Crippen LogP contribution in [0.1, 0.15) is 27.9 Å². The van der Waals surface area contributed by atoms with Gasteiger partial charge in [-0.25, -0.2) is 0 Å². The fourth-order valence-electron chi connectivity index (χ4n) is 4.83. The number of fused-ring (bicyclic) bond motifs is 3. The molecule has 5 rings (SSSR count). The van der Waals surface area contributed by atoms with E-state index in [4.69, 9.17) is 0 Å². The van der Waals surface area contributed by atoms with Gasteiger partial charge in [-0.15, -0.1) is 0 Å². The van der Waals surface area contributed by atoms with E-state index in [1.54, 1.807) is 0 Å². The van der Waals surface area contributed by atoms with Gasteiger partial charge in [0.1, 0.15) is 0 Å². The van der Waals surface area contributed by atoms with Gasteiger partial charge in [-0.2, -0.15) is 0 Å². The first-order valence-corrected chi connectivity index (χ1v) is 12.0. The molecule has 1 aliphatic heterocycles. The van der Waals surface area contributed by atoms with Crippen LogP contribution in [0.25, 0.3) is 10.9 Å². The molecule has 1 unspecified atom stereocenters. The molecule has 1 aliphatic rings. The van der Waals surface area contributed by atoms with Gasteiger partial charge in [0, 0.05) is 23.8 Å². The number of halogens is 2. The summed E-state index contributed by atoms with van der Waals surface area (Å²) in [6.07, 6.45) is 0. The molecule has 3 aromatic carbocycles. The molecular weight excluding hydrogens is 580 g/mol. The second-order valence-corrected chi connectivity index (χ2v) is 10.2. The summed E-state index contributed by atoms with van der Waals surface area (Å²) in [5.41, 5.74) is 7.76.